The smallest absolute Gasteiger partial charge is 0.220 e. The van der Waals surface area contributed by atoms with Gasteiger partial charge >= 0.3 is 0 Å². The van der Waals surface area contributed by atoms with Gasteiger partial charge in [0.1, 0.15) is 0 Å². The van der Waals surface area contributed by atoms with E-state index in [4.69, 9.17) is 12.2 Å². The largest absolute Gasteiger partial charge is 0.371 e. The van der Waals surface area contributed by atoms with Gasteiger partial charge in [-0.15, -0.1) is 0 Å². The Balaban J connectivity index is 2.44. The van der Waals surface area contributed by atoms with Gasteiger partial charge in [-0.3, -0.25) is 4.79 Å². The summed E-state index contributed by atoms with van der Waals surface area (Å²) in [6, 6.07) is 0. The lowest BCUT2D eigenvalue weighted by Gasteiger charge is -2.26. The van der Waals surface area contributed by atoms with Crippen molar-refractivity contribution in [2.45, 2.75) is 59.3 Å². The summed E-state index contributed by atoms with van der Waals surface area (Å²) in [5, 5.41) is 0. The fourth-order valence-corrected chi connectivity index (χ4v) is 3.50. The van der Waals surface area contributed by atoms with E-state index in [1.54, 1.807) is 0 Å². The van der Waals surface area contributed by atoms with Crippen molar-refractivity contribution in [2.24, 2.45) is 0 Å². The summed E-state index contributed by atoms with van der Waals surface area (Å²) < 4.78 is 0.550. The van der Waals surface area contributed by atoms with E-state index in [9.17, 15) is 4.79 Å². The fraction of sp³-hybridized carbons (Fsp3) is 0.778. The second-order valence-electron chi connectivity index (χ2n) is 6.55. The van der Waals surface area contributed by atoms with E-state index in [0.717, 1.165) is 30.8 Å². The molecule has 0 saturated heterocycles. The summed E-state index contributed by atoms with van der Waals surface area (Å²) in [6.45, 7) is 13.2. The first kappa shape index (κ1) is 19.3. The van der Waals surface area contributed by atoms with Crippen LogP contribution in [0.25, 0.3) is 0 Å². The van der Waals surface area contributed by atoms with Gasteiger partial charge in [-0.25, -0.2) is 0 Å². The molecule has 3 nitrogen and oxygen atoms in total. The zero-order valence-corrected chi connectivity index (χ0v) is 15.8. The predicted octanol–water partition coefficient (Wildman–Crippen LogP) is 4.11. The average Bonchev–Trinajstić information content (AvgIpc) is 2.47. The first-order chi connectivity index (χ1) is 10.4. The molecule has 0 fully saturated rings. The lowest BCUT2D eigenvalue weighted by molar-refractivity contribution is 0.269. The van der Waals surface area contributed by atoms with Gasteiger partial charge in [0.2, 0.25) is 5.43 Å². The molecule has 22 heavy (non-hydrogen) atoms. The quantitative estimate of drug-likeness (QED) is 0.451. The Hall–Kier alpha value is -0.740. The van der Waals surface area contributed by atoms with Crippen molar-refractivity contribution in [3.63, 3.8) is 0 Å². The van der Waals surface area contributed by atoms with Crippen molar-refractivity contribution in [2.75, 3.05) is 38.1 Å². The second-order valence-corrected chi connectivity index (χ2v) is 6.95. The minimum absolute atomic E-state index is 0.0693. The molecule has 0 bridgehead atoms. The van der Waals surface area contributed by atoms with Gasteiger partial charge in [-0.1, -0.05) is 39.9 Å². The van der Waals surface area contributed by atoms with Crippen LogP contribution in [0.15, 0.2) is 4.79 Å². The standard InChI is InChI=1S/C18H32N2OS/c1-6-10-20(11-7-2)13-9-8-12-19(5)16-15(14(3)4)18(22)17(16)21/h14H,6-13H2,1-5H3. The molecule has 0 spiro atoms. The zero-order valence-electron chi connectivity index (χ0n) is 14.9. The van der Waals surface area contributed by atoms with Crippen LogP contribution in [0.1, 0.15) is 64.9 Å². The molecular formula is C18H32N2OS. The topological polar surface area (TPSA) is 23.6 Å². The van der Waals surface area contributed by atoms with E-state index in [2.05, 4.69) is 37.5 Å². The van der Waals surface area contributed by atoms with Crippen molar-refractivity contribution in [1.82, 2.24) is 4.90 Å². The van der Waals surface area contributed by atoms with Gasteiger partial charge in [0, 0.05) is 19.2 Å². The van der Waals surface area contributed by atoms with Crippen LogP contribution in [0.5, 0.6) is 0 Å². The Morgan fingerprint density at radius 3 is 2.05 bits per heavy atom. The van der Waals surface area contributed by atoms with Crippen LogP contribution in [0.2, 0.25) is 0 Å². The summed E-state index contributed by atoms with van der Waals surface area (Å²) in [5.74, 6) is 0.340. The molecule has 4 heteroatoms. The molecule has 0 atom stereocenters. The molecule has 0 heterocycles. The molecule has 0 radical (unpaired) electrons. The Labute approximate surface area is 141 Å². The maximum absolute atomic E-state index is 12.0. The molecule has 0 aliphatic rings. The van der Waals surface area contributed by atoms with Crippen LogP contribution >= 0.6 is 12.2 Å². The Morgan fingerprint density at radius 1 is 1.00 bits per heavy atom. The van der Waals surface area contributed by atoms with Crippen LogP contribution < -0.4 is 10.3 Å². The summed E-state index contributed by atoms with van der Waals surface area (Å²) in [6.07, 6.45) is 4.75. The Kier molecular flexibility index (Phi) is 8.26. The molecule has 1 rings (SSSR count). The minimum atomic E-state index is 0.0693. The number of anilines is 1. The van der Waals surface area contributed by atoms with Gasteiger partial charge < -0.3 is 9.80 Å². The highest BCUT2D eigenvalue weighted by Crippen LogP contribution is 2.28. The molecule has 0 aromatic heterocycles. The number of unbranched alkanes of at least 4 members (excludes halogenated alkanes) is 1. The van der Waals surface area contributed by atoms with E-state index in [-0.39, 0.29) is 5.43 Å². The number of nitrogens with zero attached hydrogens (tertiary/aromatic N) is 2. The monoisotopic (exact) mass is 324 g/mol. The summed E-state index contributed by atoms with van der Waals surface area (Å²) in [4.78, 5) is 16.6. The summed E-state index contributed by atoms with van der Waals surface area (Å²) in [7, 11) is 2.02. The maximum Gasteiger partial charge on any atom is 0.220 e. The number of rotatable bonds is 11. The van der Waals surface area contributed by atoms with E-state index in [1.807, 2.05) is 7.05 Å². The van der Waals surface area contributed by atoms with E-state index in [0.29, 0.717) is 10.4 Å². The predicted molar refractivity (Wildman–Crippen MR) is 99.5 cm³/mol. The van der Waals surface area contributed by atoms with E-state index >= 15 is 0 Å². The van der Waals surface area contributed by atoms with E-state index < -0.39 is 0 Å². The molecule has 0 unspecified atom stereocenters. The zero-order chi connectivity index (χ0) is 16.7. The van der Waals surface area contributed by atoms with Crippen LogP contribution in [-0.4, -0.2) is 38.1 Å². The summed E-state index contributed by atoms with van der Waals surface area (Å²) in [5.41, 5.74) is 2.01. The van der Waals surface area contributed by atoms with Crippen LogP contribution in [0.3, 0.4) is 0 Å². The highest BCUT2D eigenvalue weighted by Gasteiger charge is 2.22. The molecule has 0 aliphatic carbocycles. The third-order valence-electron chi connectivity index (χ3n) is 4.18. The van der Waals surface area contributed by atoms with Crippen LogP contribution in [0, 0.1) is 4.51 Å². The number of hydrogen-bond donors (Lipinski definition) is 0. The van der Waals surface area contributed by atoms with E-state index in [1.165, 1.54) is 32.4 Å². The van der Waals surface area contributed by atoms with Gasteiger partial charge in [-0.05, 0) is 51.2 Å². The molecular weight excluding hydrogens is 292 g/mol. The normalized spacial score (nSPS) is 11.8. The van der Waals surface area contributed by atoms with Crippen LogP contribution in [0.4, 0.5) is 5.69 Å². The Morgan fingerprint density at radius 2 is 1.55 bits per heavy atom. The molecule has 126 valence electrons. The van der Waals surface area contributed by atoms with Gasteiger partial charge in [0.05, 0.1) is 10.2 Å². The summed E-state index contributed by atoms with van der Waals surface area (Å²) >= 11 is 5.19. The van der Waals surface area contributed by atoms with Crippen molar-refractivity contribution in [3.05, 3.63) is 20.3 Å². The molecule has 0 amide bonds. The molecule has 0 aliphatic heterocycles. The third-order valence-corrected chi connectivity index (χ3v) is 4.58. The maximum atomic E-state index is 12.0. The molecule has 1 aromatic carbocycles. The lowest BCUT2D eigenvalue weighted by atomic mass is 9.96. The highest BCUT2D eigenvalue weighted by molar-refractivity contribution is 7.71. The van der Waals surface area contributed by atoms with Gasteiger partial charge in [-0.2, -0.15) is 0 Å². The van der Waals surface area contributed by atoms with Crippen molar-refractivity contribution in [1.29, 1.82) is 0 Å². The van der Waals surface area contributed by atoms with Crippen molar-refractivity contribution in [3.8, 4) is 0 Å². The third kappa shape index (κ3) is 4.88. The fourth-order valence-electron chi connectivity index (χ4n) is 3.08. The average molecular weight is 325 g/mol. The number of hydrogen-bond acceptors (Lipinski definition) is 4. The lowest BCUT2D eigenvalue weighted by Crippen LogP contribution is -2.32. The Bertz CT molecular complexity index is 511. The second kappa shape index (κ2) is 9.41. The van der Waals surface area contributed by atoms with Gasteiger partial charge in [0.25, 0.3) is 0 Å². The highest BCUT2D eigenvalue weighted by atomic mass is 32.1. The molecule has 1 aromatic rings. The van der Waals surface area contributed by atoms with Crippen LogP contribution in [-0.2, 0) is 0 Å². The first-order valence-corrected chi connectivity index (χ1v) is 9.11. The molecule has 0 saturated carbocycles. The molecule has 0 N–H and O–H groups in total. The van der Waals surface area contributed by atoms with Crippen molar-refractivity contribution < 1.29 is 0 Å². The minimum Gasteiger partial charge on any atom is -0.371 e. The van der Waals surface area contributed by atoms with Gasteiger partial charge in [0.15, 0.2) is 0 Å². The SMILES string of the molecule is CCCN(CCC)CCCCN(C)c1c(C(C)C)c(=S)c1=O. The first-order valence-electron chi connectivity index (χ1n) is 8.70. The van der Waals surface area contributed by atoms with Crippen molar-refractivity contribution >= 4 is 17.9 Å².